The van der Waals surface area contributed by atoms with Gasteiger partial charge in [-0.25, -0.2) is 0 Å². The summed E-state index contributed by atoms with van der Waals surface area (Å²) in [6.45, 7) is 4.11. The van der Waals surface area contributed by atoms with Crippen molar-refractivity contribution < 1.29 is 14.3 Å². The number of hydrogen-bond acceptors (Lipinski definition) is 3. The summed E-state index contributed by atoms with van der Waals surface area (Å²) in [5.74, 6) is 0.727. The van der Waals surface area contributed by atoms with Gasteiger partial charge in [0.15, 0.2) is 6.10 Å². The smallest absolute Gasteiger partial charge is 0.261 e. The van der Waals surface area contributed by atoms with Crippen molar-refractivity contribution in [3.63, 3.8) is 0 Å². The fourth-order valence-electron chi connectivity index (χ4n) is 2.56. The molecule has 0 saturated heterocycles. The Balaban J connectivity index is 1.50. The highest BCUT2D eigenvalue weighted by atomic mass is 16.5. The SMILES string of the molecule is Cc1ccc(OC(C)C(=O)NCc2cccc(NC(=O)C3CC3)c2)cc1. The molecule has 0 bridgehead atoms. The van der Waals surface area contributed by atoms with E-state index in [0.717, 1.165) is 29.7 Å². The zero-order chi connectivity index (χ0) is 18.5. The highest BCUT2D eigenvalue weighted by Gasteiger charge is 2.29. The first-order chi connectivity index (χ1) is 12.5. The molecule has 5 nitrogen and oxygen atoms in total. The second-order valence-corrected chi connectivity index (χ2v) is 6.75. The van der Waals surface area contributed by atoms with E-state index < -0.39 is 6.10 Å². The van der Waals surface area contributed by atoms with E-state index in [9.17, 15) is 9.59 Å². The van der Waals surface area contributed by atoms with Crippen LogP contribution in [0.15, 0.2) is 48.5 Å². The molecular weight excluding hydrogens is 328 g/mol. The van der Waals surface area contributed by atoms with Gasteiger partial charge < -0.3 is 15.4 Å². The third-order valence-electron chi connectivity index (χ3n) is 4.31. The van der Waals surface area contributed by atoms with Gasteiger partial charge in [0.05, 0.1) is 0 Å². The first-order valence-corrected chi connectivity index (χ1v) is 8.92. The Morgan fingerprint density at radius 2 is 1.88 bits per heavy atom. The molecule has 136 valence electrons. The summed E-state index contributed by atoms with van der Waals surface area (Å²) in [4.78, 5) is 24.1. The quantitative estimate of drug-likeness (QED) is 0.802. The topological polar surface area (TPSA) is 67.4 Å². The molecule has 0 aromatic heterocycles. The number of amides is 2. The van der Waals surface area contributed by atoms with Crippen LogP contribution in [0.2, 0.25) is 0 Å². The van der Waals surface area contributed by atoms with Crippen molar-refractivity contribution in [3.05, 3.63) is 59.7 Å². The summed E-state index contributed by atoms with van der Waals surface area (Å²) in [6, 6.07) is 15.1. The van der Waals surface area contributed by atoms with Crippen molar-refractivity contribution in [3.8, 4) is 5.75 Å². The van der Waals surface area contributed by atoms with E-state index in [1.807, 2.05) is 55.5 Å². The Bertz CT molecular complexity index is 782. The molecule has 1 saturated carbocycles. The number of rotatable bonds is 7. The Labute approximate surface area is 153 Å². The number of aryl methyl sites for hydroxylation is 1. The third-order valence-corrected chi connectivity index (χ3v) is 4.31. The van der Waals surface area contributed by atoms with Crippen LogP contribution in [0.5, 0.6) is 5.75 Å². The number of ether oxygens (including phenoxy) is 1. The average molecular weight is 352 g/mol. The van der Waals surface area contributed by atoms with E-state index in [1.165, 1.54) is 0 Å². The lowest BCUT2D eigenvalue weighted by atomic mass is 10.2. The largest absolute Gasteiger partial charge is 0.481 e. The molecule has 0 aliphatic heterocycles. The van der Waals surface area contributed by atoms with Gasteiger partial charge in [-0.15, -0.1) is 0 Å². The van der Waals surface area contributed by atoms with Gasteiger partial charge in [0.1, 0.15) is 5.75 Å². The Hall–Kier alpha value is -2.82. The number of carbonyl (C=O) groups is 2. The molecule has 0 radical (unpaired) electrons. The lowest BCUT2D eigenvalue weighted by Gasteiger charge is -2.15. The average Bonchev–Trinajstić information content (AvgIpc) is 3.47. The molecule has 1 aliphatic rings. The molecular formula is C21H24N2O3. The number of carbonyl (C=O) groups excluding carboxylic acids is 2. The molecule has 1 fully saturated rings. The minimum Gasteiger partial charge on any atom is -0.481 e. The van der Waals surface area contributed by atoms with Crippen LogP contribution in [-0.2, 0) is 16.1 Å². The maximum Gasteiger partial charge on any atom is 0.261 e. The molecule has 2 amide bonds. The van der Waals surface area contributed by atoms with Gasteiger partial charge in [-0.1, -0.05) is 29.8 Å². The second-order valence-electron chi connectivity index (χ2n) is 6.75. The Morgan fingerprint density at radius 3 is 2.58 bits per heavy atom. The standard InChI is InChI=1S/C21H24N2O3/c1-14-6-10-19(11-7-14)26-15(2)20(24)22-13-16-4-3-5-18(12-16)23-21(25)17-8-9-17/h3-7,10-12,15,17H,8-9,13H2,1-2H3,(H,22,24)(H,23,25). The summed E-state index contributed by atoms with van der Waals surface area (Å²) in [5, 5.41) is 5.78. The molecule has 2 aromatic rings. The third kappa shape index (κ3) is 5.09. The lowest BCUT2D eigenvalue weighted by molar-refractivity contribution is -0.127. The molecule has 1 aliphatic carbocycles. The van der Waals surface area contributed by atoms with E-state index in [0.29, 0.717) is 12.3 Å². The van der Waals surface area contributed by atoms with Gasteiger partial charge in [0, 0.05) is 18.2 Å². The van der Waals surface area contributed by atoms with Crippen LogP contribution in [0, 0.1) is 12.8 Å². The van der Waals surface area contributed by atoms with Crippen molar-refractivity contribution in [2.45, 2.75) is 39.3 Å². The second kappa shape index (κ2) is 8.04. The van der Waals surface area contributed by atoms with Crippen LogP contribution in [0.1, 0.15) is 30.9 Å². The zero-order valence-corrected chi connectivity index (χ0v) is 15.1. The first-order valence-electron chi connectivity index (χ1n) is 8.92. The van der Waals surface area contributed by atoms with Crippen LogP contribution < -0.4 is 15.4 Å². The summed E-state index contributed by atoms with van der Waals surface area (Å²) in [6.07, 6.45) is 1.36. The van der Waals surface area contributed by atoms with Gasteiger partial charge >= 0.3 is 0 Å². The minimum atomic E-state index is -0.588. The van der Waals surface area contributed by atoms with Crippen LogP contribution in [-0.4, -0.2) is 17.9 Å². The van der Waals surface area contributed by atoms with Crippen molar-refractivity contribution >= 4 is 17.5 Å². The predicted molar refractivity (Wildman–Crippen MR) is 101 cm³/mol. The number of nitrogens with one attached hydrogen (secondary N) is 2. The van der Waals surface area contributed by atoms with Gasteiger partial charge in [-0.05, 0) is 56.5 Å². The Morgan fingerprint density at radius 1 is 1.15 bits per heavy atom. The van der Waals surface area contributed by atoms with Crippen LogP contribution >= 0.6 is 0 Å². The monoisotopic (exact) mass is 352 g/mol. The summed E-state index contributed by atoms with van der Waals surface area (Å²) in [5.41, 5.74) is 2.83. The predicted octanol–water partition coefficient (Wildman–Crippen LogP) is 3.43. The lowest BCUT2D eigenvalue weighted by Crippen LogP contribution is -2.35. The van der Waals surface area contributed by atoms with Gasteiger partial charge in [-0.3, -0.25) is 9.59 Å². The molecule has 2 N–H and O–H groups in total. The summed E-state index contributed by atoms with van der Waals surface area (Å²) >= 11 is 0. The van der Waals surface area contributed by atoms with E-state index >= 15 is 0 Å². The molecule has 26 heavy (non-hydrogen) atoms. The molecule has 2 aromatic carbocycles. The zero-order valence-electron chi connectivity index (χ0n) is 15.1. The number of anilines is 1. The fraction of sp³-hybridized carbons (Fsp3) is 0.333. The fourth-order valence-corrected chi connectivity index (χ4v) is 2.56. The minimum absolute atomic E-state index is 0.0753. The molecule has 1 atom stereocenters. The molecule has 1 unspecified atom stereocenters. The molecule has 3 rings (SSSR count). The van der Waals surface area contributed by atoms with E-state index in [1.54, 1.807) is 6.92 Å². The number of hydrogen-bond donors (Lipinski definition) is 2. The van der Waals surface area contributed by atoms with E-state index in [2.05, 4.69) is 10.6 Å². The summed E-state index contributed by atoms with van der Waals surface area (Å²) in [7, 11) is 0. The van der Waals surface area contributed by atoms with E-state index in [4.69, 9.17) is 4.74 Å². The van der Waals surface area contributed by atoms with Gasteiger partial charge in [0.2, 0.25) is 5.91 Å². The Kier molecular flexibility index (Phi) is 5.56. The maximum absolute atomic E-state index is 12.2. The van der Waals surface area contributed by atoms with Gasteiger partial charge in [-0.2, -0.15) is 0 Å². The van der Waals surface area contributed by atoms with Crippen LogP contribution in [0.25, 0.3) is 0 Å². The maximum atomic E-state index is 12.2. The normalized spacial score (nSPS) is 14.4. The van der Waals surface area contributed by atoms with Crippen molar-refractivity contribution in [2.75, 3.05) is 5.32 Å². The highest BCUT2D eigenvalue weighted by Crippen LogP contribution is 2.30. The van der Waals surface area contributed by atoms with Crippen molar-refractivity contribution in [1.82, 2.24) is 5.32 Å². The molecule has 0 heterocycles. The molecule has 5 heteroatoms. The van der Waals surface area contributed by atoms with Crippen molar-refractivity contribution in [1.29, 1.82) is 0 Å². The van der Waals surface area contributed by atoms with Crippen molar-refractivity contribution in [2.24, 2.45) is 5.92 Å². The highest BCUT2D eigenvalue weighted by molar-refractivity contribution is 5.94. The molecule has 0 spiro atoms. The van der Waals surface area contributed by atoms with Crippen LogP contribution in [0.3, 0.4) is 0 Å². The number of benzene rings is 2. The first kappa shape index (κ1) is 18.0. The van der Waals surface area contributed by atoms with Crippen LogP contribution in [0.4, 0.5) is 5.69 Å². The van der Waals surface area contributed by atoms with E-state index in [-0.39, 0.29) is 17.7 Å². The summed E-state index contributed by atoms with van der Waals surface area (Å²) < 4.78 is 5.66. The van der Waals surface area contributed by atoms with Gasteiger partial charge in [0.25, 0.3) is 5.91 Å².